The first-order chi connectivity index (χ1) is 14.4. The molecule has 0 radical (unpaired) electrons. The van der Waals surface area contributed by atoms with Gasteiger partial charge in [-0.3, -0.25) is 19.7 Å². The molecule has 0 spiro atoms. The van der Waals surface area contributed by atoms with Crippen LogP contribution in [-0.2, 0) is 9.59 Å². The normalized spacial score (nSPS) is 19.3. The number of hydrogen-bond acceptors (Lipinski definition) is 5. The van der Waals surface area contributed by atoms with Gasteiger partial charge in [0, 0.05) is 55.9 Å². The third-order valence-electron chi connectivity index (χ3n) is 5.61. The molecular weight excluding hydrogens is 408 g/mol. The lowest BCUT2D eigenvalue weighted by atomic mass is 10.1. The fourth-order valence-electron chi connectivity index (χ4n) is 4.07. The second-order valence-electron chi connectivity index (χ2n) is 7.44. The maximum Gasteiger partial charge on any atom is 0.294 e. The van der Waals surface area contributed by atoms with Crippen LogP contribution in [0.2, 0.25) is 5.02 Å². The van der Waals surface area contributed by atoms with E-state index in [1.165, 1.54) is 6.07 Å². The molecule has 8 nitrogen and oxygen atoms in total. The van der Waals surface area contributed by atoms with Crippen LogP contribution in [0.15, 0.2) is 48.5 Å². The van der Waals surface area contributed by atoms with Crippen LogP contribution in [-0.4, -0.2) is 54.4 Å². The summed E-state index contributed by atoms with van der Waals surface area (Å²) >= 11 is 5.90. The Hall–Kier alpha value is -3.13. The van der Waals surface area contributed by atoms with E-state index in [4.69, 9.17) is 11.6 Å². The summed E-state index contributed by atoms with van der Waals surface area (Å²) < 4.78 is 0. The van der Waals surface area contributed by atoms with E-state index in [0.29, 0.717) is 43.4 Å². The van der Waals surface area contributed by atoms with E-state index in [2.05, 4.69) is 0 Å². The number of para-hydroxylation sites is 1. The Labute approximate surface area is 178 Å². The molecular formula is C21H21ClN4O4. The van der Waals surface area contributed by atoms with Crippen molar-refractivity contribution in [3.8, 4) is 0 Å². The first-order valence-corrected chi connectivity index (χ1v) is 10.1. The Morgan fingerprint density at radius 3 is 2.43 bits per heavy atom. The molecule has 2 aromatic rings. The average molecular weight is 429 g/mol. The van der Waals surface area contributed by atoms with Crippen LogP contribution in [0.25, 0.3) is 0 Å². The smallest absolute Gasteiger partial charge is 0.294 e. The zero-order valence-electron chi connectivity index (χ0n) is 16.2. The van der Waals surface area contributed by atoms with Gasteiger partial charge in [0.1, 0.15) is 5.69 Å². The first kappa shape index (κ1) is 20.2. The predicted octanol–water partition coefficient (Wildman–Crippen LogP) is 2.95. The summed E-state index contributed by atoms with van der Waals surface area (Å²) in [4.78, 5) is 41.6. The van der Waals surface area contributed by atoms with Crippen molar-refractivity contribution in [2.45, 2.75) is 6.42 Å². The molecule has 0 saturated carbocycles. The number of nitro benzene ring substituents is 1. The SMILES string of the molecule is O=C(C1CC(=O)N(c2ccccc2)C1)N1CCN(c2ccc(Cl)cc2[N+](=O)[O-])CC1. The van der Waals surface area contributed by atoms with Crippen LogP contribution in [0.3, 0.4) is 0 Å². The Morgan fingerprint density at radius 2 is 1.77 bits per heavy atom. The minimum Gasteiger partial charge on any atom is -0.362 e. The van der Waals surface area contributed by atoms with E-state index in [1.54, 1.807) is 21.9 Å². The summed E-state index contributed by atoms with van der Waals surface area (Å²) in [5, 5.41) is 11.7. The molecule has 9 heteroatoms. The molecule has 2 aliphatic rings. The molecule has 156 valence electrons. The fourth-order valence-corrected chi connectivity index (χ4v) is 4.23. The number of benzene rings is 2. The summed E-state index contributed by atoms with van der Waals surface area (Å²) in [7, 11) is 0. The highest BCUT2D eigenvalue weighted by Gasteiger charge is 2.38. The molecule has 1 atom stereocenters. The molecule has 30 heavy (non-hydrogen) atoms. The third-order valence-corrected chi connectivity index (χ3v) is 5.84. The molecule has 2 heterocycles. The highest BCUT2D eigenvalue weighted by atomic mass is 35.5. The van der Waals surface area contributed by atoms with Gasteiger partial charge in [-0.2, -0.15) is 0 Å². The number of rotatable bonds is 4. The molecule has 0 aliphatic carbocycles. The molecule has 0 bridgehead atoms. The van der Waals surface area contributed by atoms with Gasteiger partial charge in [-0.25, -0.2) is 0 Å². The highest BCUT2D eigenvalue weighted by molar-refractivity contribution is 6.30. The molecule has 4 rings (SSSR count). The second-order valence-corrected chi connectivity index (χ2v) is 7.88. The van der Waals surface area contributed by atoms with Gasteiger partial charge in [-0.15, -0.1) is 0 Å². The molecule has 2 saturated heterocycles. The molecule has 2 aliphatic heterocycles. The summed E-state index contributed by atoms with van der Waals surface area (Å²) in [6.07, 6.45) is 0.205. The van der Waals surface area contributed by atoms with Gasteiger partial charge in [0.2, 0.25) is 11.8 Å². The van der Waals surface area contributed by atoms with Gasteiger partial charge in [-0.1, -0.05) is 29.8 Å². The van der Waals surface area contributed by atoms with E-state index in [9.17, 15) is 19.7 Å². The average Bonchev–Trinajstić information content (AvgIpc) is 3.15. The van der Waals surface area contributed by atoms with E-state index in [-0.39, 0.29) is 29.8 Å². The van der Waals surface area contributed by atoms with E-state index in [0.717, 1.165) is 5.69 Å². The van der Waals surface area contributed by atoms with Crippen LogP contribution >= 0.6 is 11.6 Å². The lowest BCUT2D eigenvalue weighted by Crippen LogP contribution is -2.50. The number of anilines is 2. The van der Waals surface area contributed by atoms with Gasteiger partial charge in [0.15, 0.2) is 0 Å². The van der Waals surface area contributed by atoms with Crippen molar-refractivity contribution < 1.29 is 14.5 Å². The van der Waals surface area contributed by atoms with Gasteiger partial charge >= 0.3 is 0 Å². The predicted molar refractivity (Wildman–Crippen MR) is 114 cm³/mol. The fraction of sp³-hybridized carbons (Fsp3) is 0.333. The zero-order chi connectivity index (χ0) is 21.3. The molecule has 2 fully saturated rings. The lowest BCUT2D eigenvalue weighted by Gasteiger charge is -2.36. The summed E-state index contributed by atoms with van der Waals surface area (Å²) in [5.74, 6) is -0.448. The van der Waals surface area contributed by atoms with Crippen LogP contribution in [0, 0.1) is 16.0 Å². The topological polar surface area (TPSA) is 87.0 Å². The number of hydrogen-bond donors (Lipinski definition) is 0. The number of carbonyl (C=O) groups is 2. The minimum absolute atomic E-state index is 0.0352. The Balaban J connectivity index is 1.40. The third kappa shape index (κ3) is 3.95. The lowest BCUT2D eigenvalue weighted by molar-refractivity contribution is -0.384. The Bertz CT molecular complexity index is 976. The number of piperazine rings is 1. The van der Waals surface area contributed by atoms with Crippen LogP contribution in [0.4, 0.5) is 17.1 Å². The number of nitrogens with zero attached hydrogens (tertiary/aromatic N) is 4. The van der Waals surface area contributed by atoms with Gasteiger partial charge in [-0.05, 0) is 24.3 Å². The number of amides is 2. The van der Waals surface area contributed by atoms with E-state index >= 15 is 0 Å². The Morgan fingerprint density at radius 1 is 1.07 bits per heavy atom. The van der Waals surface area contributed by atoms with Crippen molar-refractivity contribution in [3.63, 3.8) is 0 Å². The van der Waals surface area contributed by atoms with Gasteiger partial charge in [0.05, 0.1) is 10.8 Å². The van der Waals surface area contributed by atoms with Crippen molar-refractivity contribution in [2.24, 2.45) is 5.92 Å². The standard InChI is InChI=1S/C21H21ClN4O4/c22-16-6-7-18(19(13-16)26(29)30)23-8-10-24(11-9-23)21(28)15-12-20(27)25(14-15)17-4-2-1-3-5-17/h1-7,13,15H,8-12,14H2. The monoisotopic (exact) mass is 428 g/mol. The maximum atomic E-state index is 13.0. The number of carbonyl (C=O) groups excluding carboxylic acids is 2. The van der Waals surface area contributed by atoms with E-state index in [1.807, 2.05) is 35.2 Å². The maximum absolute atomic E-state index is 13.0. The first-order valence-electron chi connectivity index (χ1n) is 9.77. The highest BCUT2D eigenvalue weighted by Crippen LogP contribution is 2.32. The molecule has 2 aromatic carbocycles. The van der Waals surface area contributed by atoms with E-state index < -0.39 is 4.92 Å². The molecule has 0 aromatic heterocycles. The minimum atomic E-state index is -0.443. The van der Waals surface area contributed by atoms with Crippen molar-refractivity contribution in [1.29, 1.82) is 0 Å². The van der Waals surface area contributed by atoms with Crippen molar-refractivity contribution in [2.75, 3.05) is 42.5 Å². The zero-order valence-corrected chi connectivity index (χ0v) is 17.0. The molecule has 2 amide bonds. The number of halogens is 1. The summed E-state index contributed by atoms with van der Waals surface area (Å²) in [6.45, 7) is 2.25. The van der Waals surface area contributed by atoms with Crippen LogP contribution in [0.1, 0.15) is 6.42 Å². The van der Waals surface area contributed by atoms with Crippen LogP contribution in [0.5, 0.6) is 0 Å². The van der Waals surface area contributed by atoms with Crippen molar-refractivity contribution in [3.05, 3.63) is 63.7 Å². The molecule has 0 N–H and O–H groups in total. The molecule has 1 unspecified atom stereocenters. The van der Waals surface area contributed by atoms with Gasteiger partial charge in [0.25, 0.3) is 5.69 Å². The summed E-state index contributed by atoms with van der Waals surface area (Å²) in [6, 6.07) is 14.0. The Kier molecular flexibility index (Phi) is 5.59. The van der Waals surface area contributed by atoms with Crippen LogP contribution < -0.4 is 9.80 Å². The van der Waals surface area contributed by atoms with Crippen molar-refractivity contribution >= 4 is 40.5 Å². The van der Waals surface area contributed by atoms with Crippen molar-refractivity contribution in [1.82, 2.24) is 4.90 Å². The van der Waals surface area contributed by atoms with Gasteiger partial charge < -0.3 is 14.7 Å². The quantitative estimate of drug-likeness (QED) is 0.552. The second kappa shape index (κ2) is 8.31. The number of nitro groups is 1. The summed E-state index contributed by atoms with van der Waals surface area (Å²) in [5.41, 5.74) is 1.27. The largest absolute Gasteiger partial charge is 0.362 e.